The van der Waals surface area contributed by atoms with Crippen LogP contribution in [0.4, 0.5) is 0 Å². The first-order chi connectivity index (χ1) is 6.24. The van der Waals surface area contributed by atoms with Crippen molar-refractivity contribution >= 4 is 29.0 Å². The van der Waals surface area contributed by atoms with Crippen molar-refractivity contribution in [1.29, 1.82) is 0 Å². The van der Waals surface area contributed by atoms with Crippen molar-refractivity contribution in [3.8, 4) is 0 Å². The highest BCUT2D eigenvalue weighted by atomic mass is 32.2. The van der Waals surface area contributed by atoms with Gasteiger partial charge in [-0.3, -0.25) is 0 Å². The van der Waals surface area contributed by atoms with Crippen LogP contribution in [0.25, 0.3) is 0 Å². The highest BCUT2D eigenvalue weighted by molar-refractivity contribution is 8.02. The lowest BCUT2D eigenvalue weighted by Crippen LogP contribution is -2.39. The number of thioether (sulfide) groups is 1. The van der Waals surface area contributed by atoms with E-state index in [9.17, 15) is 0 Å². The molecule has 0 aromatic carbocycles. The summed E-state index contributed by atoms with van der Waals surface area (Å²) in [5.41, 5.74) is 5.66. The highest BCUT2D eigenvalue weighted by Gasteiger charge is 2.11. The van der Waals surface area contributed by atoms with Crippen LogP contribution in [0.5, 0.6) is 0 Å². The largest absolute Gasteiger partial charge is 0.393 e. The molecule has 0 aliphatic carbocycles. The number of hydrogen-bond donors (Lipinski definition) is 1. The predicted molar refractivity (Wildman–Crippen MR) is 60.8 cm³/mol. The molecule has 0 amide bonds. The van der Waals surface area contributed by atoms with E-state index in [1.807, 2.05) is 12.3 Å². The molecule has 1 fully saturated rings. The van der Waals surface area contributed by atoms with E-state index in [4.69, 9.17) is 22.7 Å². The van der Waals surface area contributed by atoms with Gasteiger partial charge >= 0.3 is 0 Å². The molecule has 0 unspecified atom stereocenters. The van der Waals surface area contributed by atoms with E-state index in [0.717, 1.165) is 36.3 Å². The number of rotatable bonds is 2. The van der Waals surface area contributed by atoms with Gasteiger partial charge in [0.05, 0.1) is 18.2 Å². The molecule has 0 saturated carbocycles. The highest BCUT2D eigenvalue weighted by Crippen LogP contribution is 2.06. The zero-order valence-corrected chi connectivity index (χ0v) is 9.29. The first kappa shape index (κ1) is 10.8. The fourth-order valence-corrected chi connectivity index (χ4v) is 1.67. The molecule has 0 aromatic heterocycles. The van der Waals surface area contributed by atoms with Gasteiger partial charge in [-0.1, -0.05) is 12.2 Å². The predicted octanol–water partition coefficient (Wildman–Crippen LogP) is 0.809. The SMILES string of the molecule is CS/C(N)=C\C(=S)N1CCOCC1. The summed E-state index contributed by atoms with van der Waals surface area (Å²) in [5, 5.41) is 0.761. The average molecular weight is 218 g/mol. The second kappa shape index (κ2) is 5.47. The third-order valence-electron chi connectivity index (χ3n) is 1.82. The van der Waals surface area contributed by atoms with Crippen molar-refractivity contribution in [2.75, 3.05) is 32.6 Å². The molecule has 3 nitrogen and oxygen atoms in total. The Labute approximate surface area is 88.3 Å². The maximum absolute atomic E-state index is 5.66. The fourth-order valence-electron chi connectivity index (χ4n) is 1.06. The number of thiocarbonyl (C=S) groups is 1. The Morgan fingerprint density at radius 1 is 1.54 bits per heavy atom. The van der Waals surface area contributed by atoms with Crippen LogP contribution in [-0.4, -0.2) is 42.4 Å². The maximum Gasteiger partial charge on any atom is 0.104 e. The minimum absolute atomic E-state index is 0.757. The lowest BCUT2D eigenvalue weighted by molar-refractivity contribution is 0.0694. The van der Waals surface area contributed by atoms with Gasteiger partial charge in [0.25, 0.3) is 0 Å². The fraction of sp³-hybridized carbons (Fsp3) is 0.625. The number of morpholine rings is 1. The van der Waals surface area contributed by atoms with Crippen molar-refractivity contribution in [3.63, 3.8) is 0 Å². The zero-order valence-electron chi connectivity index (χ0n) is 7.66. The molecular formula is C8H14N2OS2. The minimum Gasteiger partial charge on any atom is -0.393 e. The number of nitrogens with two attached hydrogens (primary N) is 1. The van der Waals surface area contributed by atoms with E-state index in [1.165, 1.54) is 11.8 Å². The first-order valence-electron chi connectivity index (χ1n) is 4.12. The Morgan fingerprint density at radius 3 is 2.69 bits per heavy atom. The molecule has 0 bridgehead atoms. The van der Waals surface area contributed by atoms with Gasteiger partial charge < -0.3 is 15.4 Å². The van der Waals surface area contributed by atoms with Crippen LogP contribution in [0, 0.1) is 0 Å². The first-order valence-corrected chi connectivity index (χ1v) is 5.75. The molecular weight excluding hydrogens is 204 g/mol. The van der Waals surface area contributed by atoms with Crippen molar-refractivity contribution in [3.05, 3.63) is 11.1 Å². The van der Waals surface area contributed by atoms with E-state index in [1.54, 1.807) is 0 Å². The third kappa shape index (κ3) is 3.54. The van der Waals surface area contributed by atoms with Crippen molar-refractivity contribution < 1.29 is 4.74 Å². The van der Waals surface area contributed by atoms with E-state index in [2.05, 4.69) is 4.90 Å². The van der Waals surface area contributed by atoms with E-state index in [-0.39, 0.29) is 0 Å². The molecule has 1 rings (SSSR count). The minimum atomic E-state index is 0.757. The van der Waals surface area contributed by atoms with Crippen LogP contribution in [0.3, 0.4) is 0 Å². The summed E-state index contributed by atoms with van der Waals surface area (Å²) in [4.78, 5) is 2.93. The molecule has 1 aliphatic heterocycles. The maximum atomic E-state index is 5.66. The van der Waals surface area contributed by atoms with Gasteiger partial charge in [-0.05, 0) is 6.26 Å². The van der Waals surface area contributed by atoms with Crippen LogP contribution in [0.2, 0.25) is 0 Å². The van der Waals surface area contributed by atoms with Crippen LogP contribution < -0.4 is 5.73 Å². The normalized spacial score (nSPS) is 18.8. The van der Waals surface area contributed by atoms with Crippen LogP contribution in [0.15, 0.2) is 11.1 Å². The molecule has 0 aromatic rings. The molecule has 1 saturated heterocycles. The third-order valence-corrected chi connectivity index (χ3v) is 2.79. The topological polar surface area (TPSA) is 38.5 Å². The van der Waals surface area contributed by atoms with Crippen LogP contribution in [-0.2, 0) is 4.74 Å². The summed E-state index contributed by atoms with van der Waals surface area (Å²) in [6.07, 6.45) is 3.78. The molecule has 0 atom stereocenters. The summed E-state index contributed by atoms with van der Waals surface area (Å²) in [6, 6.07) is 0. The van der Waals surface area contributed by atoms with Gasteiger partial charge in [0.1, 0.15) is 4.99 Å². The van der Waals surface area contributed by atoms with E-state index < -0.39 is 0 Å². The summed E-state index contributed by atoms with van der Waals surface area (Å²) < 4.78 is 5.22. The van der Waals surface area contributed by atoms with Gasteiger partial charge in [0, 0.05) is 19.2 Å². The van der Waals surface area contributed by atoms with Crippen molar-refractivity contribution in [1.82, 2.24) is 4.90 Å². The summed E-state index contributed by atoms with van der Waals surface area (Å²) >= 11 is 6.73. The molecule has 1 aliphatic rings. The van der Waals surface area contributed by atoms with Gasteiger partial charge in [-0.25, -0.2) is 0 Å². The van der Waals surface area contributed by atoms with Gasteiger partial charge in [-0.15, -0.1) is 11.8 Å². The molecule has 1 heterocycles. The molecule has 0 spiro atoms. The van der Waals surface area contributed by atoms with Crippen LogP contribution >= 0.6 is 24.0 Å². The average Bonchev–Trinajstić information content (AvgIpc) is 2.19. The summed E-state index contributed by atoms with van der Waals surface area (Å²) in [7, 11) is 0. The van der Waals surface area contributed by atoms with Crippen molar-refractivity contribution in [2.45, 2.75) is 0 Å². The van der Waals surface area contributed by atoms with E-state index in [0.29, 0.717) is 0 Å². The van der Waals surface area contributed by atoms with Crippen molar-refractivity contribution in [2.24, 2.45) is 5.73 Å². The van der Waals surface area contributed by atoms with Gasteiger partial charge in [0.15, 0.2) is 0 Å². The quantitative estimate of drug-likeness (QED) is 0.548. The Hall–Kier alpha value is -0.260. The molecule has 5 heteroatoms. The standard InChI is InChI=1S/C8H14N2OS2/c1-13-7(9)6-8(12)10-2-4-11-5-3-10/h6H,2-5,9H2,1H3/b7-6-. The Kier molecular flexibility index (Phi) is 4.55. The Morgan fingerprint density at radius 2 is 2.15 bits per heavy atom. The summed E-state index contributed by atoms with van der Waals surface area (Å²) in [5.74, 6) is 0. The second-order valence-corrected chi connectivity index (χ2v) is 3.99. The van der Waals surface area contributed by atoms with Crippen LogP contribution in [0.1, 0.15) is 0 Å². The van der Waals surface area contributed by atoms with Gasteiger partial charge in [0.2, 0.25) is 0 Å². The zero-order chi connectivity index (χ0) is 9.68. The number of ether oxygens (including phenoxy) is 1. The molecule has 74 valence electrons. The number of nitrogens with zero attached hydrogens (tertiary/aromatic N) is 1. The lowest BCUT2D eigenvalue weighted by Gasteiger charge is -2.27. The van der Waals surface area contributed by atoms with E-state index >= 15 is 0 Å². The summed E-state index contributed by atoms with van der Waals surface area (Å²) in [6.45, 7) is 3.26. The lowest BCUT2D eigenvalue weighted by atomic mass is 10.4. The Bertz CT molecular complexity index is 212. The number of hydrogen-bond acceptors (Lipinski definition) is 4. The second-order valence-electron chi connectivity index (χ2n) is 2.69. The Balaban J connectivity index is 2.46. The van der Waals surface area contributed by atoms with Gasteiger partial charge in [-0.2, -0.15) is 0 Å². The monoisotopic (exact) mass is 218 g/mol. The smallest absolute Gasteiger partial charge is 0.104 e. The molecule has 13 heavy (non-hydrogen) atoms. The molecule has 0 radical (unpaired) electrons. The molecule has 2 N–H and O–H groups in total.